The van der Waals surface area contributed by atoms with Gasteiger partial charge < -0.3 is 9.32 Å². The van der Waals surface area contributed by atoms with Gasteiger partial charge in [0, 0.05) is 13.0 Å². The Balaban J connectivity index is 1.91. The number of thiazole rings is 1. The van der Waals surface area contributed by atoms with Crippen LogP contribution in [0, 0.1) is 0 Å². The molecule has 0 bridgehead atoms. The molecule has 3 rings (SSSR count). The number of nitrogens with zero attached hydrogens (tertiary/aromatic N) is 2. The Morgan fingerprint density at radius 2 is 2.16 bits per heavy atom. The molecule has 2 aromatic heterocycles. The van der Waals surface area contributed by atoms with Crippen LogP contribution in [0.1, 0.15) is 29.5 Å². The molecule has 1 N–H and O–H groups in total. The van der Waals surface area contributed by atoms with Gasteiger partial charge >= 0.3 is 0 Å². The minimum atomic E-state index is -0.131. The number of aryl methyl sites for hydroxylation is 1. The van der Waals surface area contributed by atoms with Crippen molar-refractivity contribution in [3.8, 4) is 0 Å². The first-order chi connectivity index (χ1) is 12.1. The molecule has 1 amide bonds. The van der Waals surface area contributed by atoms with E-state index in [1.165, 1.54) is 16.7 Å². The van der Waals surface area contributed by atoms with E-state index in [-0.39, 0.29) is 5.91 Å². The Morgan fingerprint density at radius 3 is 2.84 bits per heavy atom. The number of rotatable bonds is 7. The van der Waals surface area contributed by atoms with Crippen molar-refractivity contribution in [3.05, 3.63) is 47.9 Å². The summed E-state index contributed by atoms with van der Waals surface area (Å²) in [7, 11) is 4.23. The summed E-state index contributed by atoms with van der Waals surface area (Å²) >= 11 is 1.56. The molecule has 1 aromatic carbocycles. The van der Waals surface area contributed by atoms with Crippen molar-refractivity contribution >= 4 is 32.6 Å². The maximum atomic E-state index is 12.9. The summed E-state index contributed by atoms with van der Waals surface area (Å²) in [5.41, 5.74) is 2.22. The molecular weight excluding hydrogens is 334 g/mol. The Labute approximate surface area is 151 Å². The molecule has 0 spiro atoms. The van der Waals surface area contributed by atoms with Crippen molar-refractivity contribution in [2.24, 2.45) is 0 Å². The number of furan rings is 1. The predicted octanol–water partition coefficient (Wildman–Crippen LogP) is 2.63. The monoisotopic (exact) mass is 358 g/mol. The summed E-state index contributed by atoms with van der Waals surface area (Å²) in [6.07, 6.45) is 3.43. The zero-order valence-electron chi connectivity index (χ0n) is 14.9. The van der Waals surface area contributed by atoms with Gasteiger partial charge in [0.2, 0.25) is 0 Å². The van der Waals surface area contributed by atoms with Crippen LogP contribution in [0.2, 0.25) is 0 Å². The predicted molar refractivity (Wildman–Crippen MR) is 102 cm³/mol. The molecule has 0 radical (unpaired) electrons. The van der Waals surface area contributed by atoms with Crippen LogP contribution in [0.4, 0.5) is 5.13 Å². The third-order valence-corrected chi connectivity index (χ3v) is 5.16. The highest BCUT2D eigenvalue weighted by molar-refractivity contribution is 7.22. The molecule has 0 saturated carbocycles. The zero-order chi connectivity index (χ0) is 17.8. The highest BCUT2D eigenvalue weighted by Gasteiger charge is 2.23. The maximum Gasteiger partial charge on any atom is 0.295 e. The van der Waals surface area contributed by atoms with E-state index < -0.39 is 0 Å². The van der Waals surface area contributed by atoms with E-state index in [9.17, 15) is 4.79 Å². The van der Waals surface area contributed by atoms with Gasteiger partial charge in [-0.2, -0.15) is 0 Å². The lowest BCUT2D eigenvalue weighted by Gasteiger charge is -2.19. The van der Waals surface area contributed by atoms with Crippen molar-refractivity contribution in [3.63, 3.8) is 0 Å². The number of hydrogen-bond acceptors (Lipinski definition) is 4. The van der Waals surface area contributed by atoms with Crippen LogP contribution in [0.25, 0.3) is 10.2 Å². The Kier molecular flexibility index (Phi) is 5.50. The van der Waals surface area contributed by atoms with E-state index in [1.807, 2.05) is 6.07 Å². The second-order valence-corrected chi connectivity index (χ2v) is 7.41. The fourth-order valence-electron chi connectivity index (χ4n) is 2.70. The average molecular weight is 358 g/mol. The Morgan fingerprint density at radius 1 is 1.32 bits per heavy atom. The number of anilines is 1. The Hall–Kier alpha value is -2.18. The van der Waals surface area contributed by atoms with Crippen molar-refractivity contribution in [1.82, 2.24) is 4.98 Å². The summed E-state index contributed by atoms with van der Waals surface area (Å²) in [6.45, 7) is 3.76. The lowest BCUT2D eigenvalue weighted by molar-refractivity contribution is -0.858. The number of nitrogens with one attached hydrogen (secondary N) is 1. The molecule has 5 nitrogen and oxygen atoms in total. The molecule has 0 saturated heterocycles. The van der Waals surface area contributed by atoms with Gasteiger partial charge in [0.25, 0.3) is 5.91 Å². The van der Waals surface area contributed by atoms with Crippen LogP contribution >= 0.6 is 11.3 Å². The minimum absolute atomic E-state index is 0.131. The second kappa shape index (κ2) is 7.80. The lowest BCUT2D eigenvalue weighted by atomic mass is 10.2. The first-order valence-electron chi connectivity index (χ1n) is 8.62. The molecule has 0 atom stereocenters. The van der Waals surface area contributed by atoms with Gasteiger partial charge in [-0.05, 0) is 36.2 Å². The molecule has 132 valence electrons. The normalized spacial score (nSPS) is 11.4. The zero-order valence-corrected chi connectivity index (χ0v) is 15.7. The highest BCUT2D eigenvalue weighted by Crippen LogP contribution is 2.30. The van der Waals surface area contributed by atoms with Gasteiger partial charge in [-0.1, -0.05) is 24.3 Å². The molecule has 2 heterocycles. The molecule has 0 aliphatic heterocycles. The molecule has 0 unspecified atom stereocenters. The second-order valence-electron chi connectivity index (χ2n) is 6.40. The van der Waals surface area contributed by atoms with E-state index in [0.717, 1.165) is 34.7 Å². The van der Waals surface area contributed by atoms with Crippen molar-refractivity contribution in [2.75, 3.05) is 32.1 Å². The fraction of sp³-hybridized carbons (Fsp3) is 0.368. The number of aromatic nitrogens is 1. The highest BCUT2D eigenvalue weighted by atomic mass is 32.1. The van der Waals surface area contributed by atoms with E-state index in [4.69, 9.17) is 9.40 Å². The average Bonchev–Trinajstić information content (AvgIpc) is 3.26. The summed E-state index contributed by atoms with van der Waals surface area (Å²) in [6, 6.07) is 9.74. The fourth-order valence-corrected chi connectivity index (χ4v) is 3.75. The van der Waals surface area contributed by atoms with Gasteiger partial charge in [0.05, 0.1) is 37.1 Å². The number of quaternary nitrogens is 1. The van der Waals surface area contributed by atoms with Crippen LogP contribution in [0.5, 0.6) is 0 Å². The summed E-state index contributed by atoms with van der Waals surface area (Å²) in [5.74, 6) is 0.222. The summed E-state index contributed by atoms with van der Waals surface area (Å²) in [5, 5.41) is 0.735. The topological polar surface area (TPSA) is 50.8 Å². The molecule has 25 heavy (non-hydrogen) atoms. The van der Waals surface area contributed by atoms with Crippen LogP contribution in [-0.4, -0.2) is 38.1 Å². The maximum absolute atomic E-state index is 12.9. The van der Waals surface area contributed by atoms with E-state index >= 15 is 0 Å². The number of hydrogen-bond donors (Lipinski definition) is 1. The minimum Gasteiger partial charge on any atom is -0.459 e. The number of amides is 1. The molecule has 3 aromatic rings. The first kappa shape index (κ1) is 17.6. The lowest BCUT2D eigenvalue weighted by Crippen LogP contribution is -3.05. The SMILES string of the molecule is CCc1ccc2nc(N(CCC[NH+](C)C)C(=O)c3ccco3)sc2c1. The standard InChI is InChI=1S/C19H23N3O2S/c1-4-14-8-9-15-17(13-14)25-19(20-15)22(11-6-10-21(2)3)18(23)16-7-5-12-24-16/h5,7-9,12-13H,4,6,10-11H2,1-3H3/p+1. The number of carbonyl (C=O) groups excluding carboxylic acids is 1. The van der Waals surface area contributed by atoms with Gasteiger partial charge in [-0.3, -0.25) is 9.69 Å². The van der Waals surface area contributed by atoms with Crippen molar-refractivity contribution in [2.45, 2.75) is 19.8 Å². The molecule has 0 aliphatic rings. The number of carbonyl (C=O) groups is 1. The van der Waals surface area contributed by atoms with Gasteiger partial charge in [-0.25, -0.2) is 4.98 Å². The molecule has 0 aliphatic carbocycles. The third-order valence-electron chi connectivity index (χ3n) is 4.12. The first-order valence-corrected chi connectivity index (χ1v) is 9.44. The van der Waals surface area contributed by atoms with Gasteiger partial charge in [0.1, 0.15) is 0 Å². The van der Waals surface area contributed by atoms with Crippen molar-refractivity contribution in [1.29, 1.82) is 0 Å². The molecule has 6 heteroatoms. The Bertz CT molecular complexity index is 840. The smallest absolute Gasteiger partial charge is 0.295 e. The quantitative estimate of drug-likeness (QED) is 0.706. The van der Waals surface area contributed by atoms with Crippen LogP contribution < -0.4 is 9.80 Å². The molecular formula is C19H24N3O2S+. The van der Waals surface area contributed by atoms with Crippen LogP contribution in [0.3, 0.4) is 0 Å². The summed E-state index contributed by atoms with van der Waals surface area (Å²) < 4.78 is 6.43. The van der Waals surface area contributed by atoms with Crippen molar-refractivity contribution < 1.29 is 14.1 Å². The summed E-state index contributed by atoms with van der Waals surface area (Å²) in [4.78, 5) is 20.7. The van der Waals surface area contributed by atoms with E-state index in [2.05, 4.69) is 33.2 Å². The third kappa shape index (κ3) is 4.08. The van der Waals surface area contributed by atoms with Gasteiger partial charge in [-0.15, -0.1) is 0 Å². The number of fused-ring (bicyclic) bond motifs is 1. The molecule has 0 fully saturated rings. The van der Waals surface area contributed by atoms with Crippen LogP contribution in [-0.2, 0) is 6.42 Å². The van der Waals surface area contributed by atoms with E-state index in [0.29, 0.717) is 12.3 Å². The largest absolute Gasteiger partial charge is 0.459 e. The van der Waals surface area contributed by atoms with Crippen LogP contribution in [0.15, 0.2) is 41.0 Å². The van der Waals surface area contributed by atoms with E-state index in [1.54, 1.807) is 28.4 Å². The number of benzene rings is 1. The van der Waals surface area contributed by atoms with Gasteiger partial charge in [0.15, 0.2) is 10.9 Å².